The zero-order chi connectivity index (χ0) is 14.6. The average molecular weight is 285 g/mol. The number of rotatable bonds is 13. The van der Waals surface area contributed by atoms with Crippen LogP contribution < -0.4 is 0 Å². The van der Waals surface area contributed by atoms with Gasteiger partial charge in [0.2, 0.25) is 0 Å². The highest BCUT2D eigenvalue weighted by molar-refractivity contribution is 6.71. The molecule has 0 aliphatic heterocycles. The van der Waals surface area contributed by atoms with Crippen LogP contribution >= 0.6 is 0 Å². The van der Waals surface area contributed by atoms with Gasteiger partial charge in [0, 0.05) is 6.10 Å². The first-order valence-electron chi connectivity index (χ1n) is 8.34. The van der Waals surface area contributed by atoms with Crippen LogP contribution in [0.15, 0.2) is 12.7 Å². The average Bonchev–Trinajstić information content (AvgIpc) is 2.33. The van der Waals surface area contributed by atoms with Gasteiger partial charge in [0.05, 0.1) is 0 Å². The molecule has 0 bridgehead atoms. The second-order valence-electron chi connectivity index (χ2n) is 6.34. The van der Waals surface area contributed by atoms with E-state index in [9.17, 15) is 0 Å². The Kier molecular flexibility index (Phi) is 11.7. The molecule has 0 aromatic carbocycles. The van der Waals surface area contributed by atoms with Crippen molar-refractivity contribution in [1.29, 1.82) is 0 Å². The molecule has 0 heterocycles. The summed E-state index contributed by atoms with van der Waals surface area (Å²) < 4.78 is 6.41. The van der Waals surface area contributed by atoms with Gasteiger partial charge >= 0.3 is 0 Å². The fourth-order valence-electron chi connectivity index (χ4n) is 2.58. The smallest absolute Gasteiger partial charge is 0.190 e. The van der Waals surface area contributed by atoms with Crippen LogP contribution in [0, 0.1) is 0 Å². The third-order valence-corrected chi connectivity index (χ3v) is 5.86. The monoisotopic (exact) mass is 284 g/mol. The van der Waals surface area contributed by atoms with Crippen LogP contribution in [-0.4, -0.2) is 14.4 Å². The lowest BCUT2D eigenvalue weighted by Crippen LogP contribution is -2.34. The topological polar surface area (TPSA) is 9.23 Å². The zero-order valence-electron chi connectivity index (χ0n) is 13.8. The molecular formula is C17H36OSi. The highest BCUT2D eigenvalue weighted by Crippen LogP contribution is 2.21. The van der Waals surface area contributed by atoms with E-state index in [2.05, 4.69) is 33.5 Å². The van der Waals surface area contributed by atoms with Crippen molar-refractivity contribution in [1.82, 2.24) is 0 Å². The van der Waals surface area contributed by atoms with Crippen LogP contribution in [0.4, 0.5) is 0 Å². The Morgan fingerprint density at radius 3 is 2.16 bits per heavy atom. The molecular weight excluding hydrogens is 248 g/mol. The van der Waals surface area contributed by atoms with E-state index in [1.807, 2.05) is 6.08 Å². The van der Waals surface area contributed by atoms with Gasteiger partial charge in [-0.1, -0.05) is 64.9 Å². The molecule has 2 heteroatoms. The third-order valence-electron chi connectivity index (χ3n) is 3.61. The van der Waals surface area contributed by atoms with E-state index >= 15 is 0 Å². The summed E-state index contributed by atoms with van der Waals surface area (Å²) in [6, 6.07) is 1.07. The number of hydrogen-bond acceptors (Lipinski definition) is 1. The van der Waals surface area contributed by atoms with Crippen LogP contribution in [0.2, 0.25) is 19.1 Å². The molecule has 1 unspecified atom stereocenters. The minimum absolute atomic E-state index is 0.498. The van der Waals surface area contributed by atoms with E-state index in [4.69, 9.17) is 4.43 Å². The summed E-state index contributed by atoms with van der Waals surface area (Å²) in [7, 11) is -1.50. The second kappa shape index (κ2) is 11.7. The first kappa shape index (κ1) is 18.9. The van der Waals surface area contributed by atoms with E-state index in [-0.39, 0.29) is 0 Å². The Hall–Kier alpha value is -0.0831. The summed E-state index contributed by atoms with van der Waals surface area (Å²) in [5.74, 6) is 0. The van der Waals surface area contributed by atoms with Gasteiger partial charge in [-0.05, 0) is 32.0 Å². The molecule has 1 atom stereocenters. The van der Waals surface area contributed by atoms with Gasteiger partial charge < -0.3 is 4.43 Å². The Balaban J connectivity index is 3.88. The Labute approximate surface area is 123 Å². The molecule has 0 N–H and O–H groups in total. The summed E-state index contributed by atoms with van der Waals surface area (Å²) in [4.78, 5) is 0. The Morgan fingerprint density at radius 1 is 0.947 bits per heavy atom. The molecule has 0 aliphatic carbocycles. The first-order valence-corrected chi connectivity index (χ1v) is 11.5. The molecule has 114 valence electrons. The third kappa shape index (κ3) is 11.4. The van der Waals surface area contributed by atoms with Crippen LogP contribution in [0.1, 0.15) is 71.6 Å². The van der Waals surface area contributed by atoms with Crippen molar-refractivity contribution in [3.63, 3.8) is 0 Å². The predicted molar refractivity (Wildman–Crippen MR) is 90.3 cm³/mol. The van der Waals surface area contributed by atoms with E-state index in [0.29, 0.717) is 6.10 Å². The number of unbranched alkanes of at least 4 members (excludes halogenated alkanes) is 5. The van der Waals surface area contributed by atoms with Crippen molar-refractivity contribution in [2.75, 3.05) is 0 Å². The number of hydrogen-bond donors (Lipinski definition) is 0. The van der Waals surface area contributed by atoms with Crippen molar-refractivity contribution < 1.29 is 4.43 Å². The standard InChI is InChI=1S/C17H36OSi/c1-6-9-10-11-12-13-15-17(14-7-2)18-19(4,5)16-8-3/h8,17H,3,6-7,9-16H2,1-2,4-5H3. The fraction of sp³-hybridized carbons (Fsp3) is 0.882. The largest absolute Gasteiger partial charge is 0.414 e. The maximum atomic E-state index is 6.41. The summed E-state index contributed by atoms with van der Waals surface area (Å²) in [5, 5.41) is 0. The first-order chi connectivity index (χ1) is 9.05. The van der Waals surface area contributed by atoms with Crippen molar-refractivity contribution in [3.8, 4) is 0 Å². The van der Waals surface area contributed by atoms with Crippen molar-refractivity contribution in [3.05, 3.63) is 12.7 Å². The van der Waals surface area contributed by atoms with Crippen LogP contribution in [0.3, 0.4) is 0 Å². The van der Waals surface area contributed by atoms with Gasteiger partial charge in [-0.2, -0.15) is 0 Å². The molecule has 0 rings (SSSR count). The van der Waals surface area contributed by atoms with Gasteiger partial charge in [-0.3, -0.25) is 0 Å². The molecule has 0 amide bonds. The van der Waals surface area contributed by atoms with E-state index in [0.717, 1.165) is 6.04 Å². The van der Waals surface area contributed by atoms with Crippen molar-refractivity contribution in [2.45, 2.75) is 96.9 Å². The van der Waals surface area contributed by atoms with Crippen LogP contribution in [0.25, 0.3) is 0 Å². The molecule has 19 heavy (non-hydrogen) atoms. The molecule has 0 spiro atoms. The highest BCUT2D eigenvalue weighted by Gasteiger charge is 2.24. The van der Waals surface area contributed by atoms with Gasteiger partial charge in [0.15, 0.2) is 8.32 Å². The normalized spacial score (nSPS) is 13.5. The summed E-state index contributed by atoms with van der Waals surface area (Å²) in [6.07, 6.45) is 14.5. The van der Waals surface area contributed by atoms with Gasteiger partial charge in [-0.25, -0.2) is 0 Å². The molecule has 1 nitrogen and oxygen atoms in total. The Morgan fingerprint density at radius 2 is 1.58 bits per heavy atom. The maximum absolute atomic E-state index is 6.41. The minimum atomic E-state index is -1.50. The molecule has 0 aliphatic rings. The fourth-order valence-corrected chi connectivity index (χ4v) is 4.51. The minimum Gasteiger partial charge on any atom is -0.414 e. The van der Waals surface area contributed by atoms with E-state index < -0.39 is 8.32 Å². The molecule has 0 saturated carbocycles. The lowest BCUT2D eigenvalue weighted by atomic mass is 10.0. The summed E-state index contributed by atoms with van der Waals surface area (Å²) in [5.41, 5.74) is 0. The highest BCUT2D eigenvalue weighted by atomic mass is 28.4. The van der Waals surface area contributed by atoms with Crippen molar-refractivity contribution >= 4 is 8.32 Å². The lowest BCUT2D eigenvalue weighted by Gasteiger charge is -2.28. The molecule has 0 saturated heterocycles. The zero-order valence-corrected chi connectivity index (χ0v) is 14.8. The summed E-state index contributed by atoms with van der Waals surface area (Å²) in [6.45, 7) is 13.0. The van der Waals surface area contributed by atoms with Gasteiger partial charge in [0.1, 0.15) is 0 Å². The van der Waals surface area contributed by atoms with Crippen LogP contribution in [0.5, 0.6) is 0 Å². The van der Waals surface area contributed by atoms with Crippen LogP contribution in [-0.2, 0) is 4.43 Å². The molecule has 0 aromatic heterocycles. The quantitative estimate of drug-likeness (QED) is 0.219. The predicted octanol–water partition coefficient (Wildman–Crippen LogP) is 6.31. The molecule has 0 aromatic rings. The molecule has 0 radical (unpaired) electrons. The summed E-state index contributed by atoms with van der Waals surface area (Å²) >= 11 is 0. The van der Waals surface area contributed by atoms with Gasteiger partial charge in [-0.15, -0.1) is 6.58 Å². The maximum Gasteiger partial charge on any atom is 0.190 e. The van der Waals surface area contributed by atoms with Gasteiger partial charge in [0.25, 0.3) is 0 Å². The SMILES string of the molecule is C=CC[Si](C)(C)OC(CCC)CCCCCCCC. The number of allylic oxidation sites excluding steroid dienone is 1. The Bertz CT molecular complexity index is 213. The second-order valence-corrected chi connectivity index (χ2v) is 10.5. The lowest BCUT2D eigenvalue weighted by molar-refractivity contribution is 0.167. The molecule has 0 fully saturated rings. The van der Waals surface area contributed by atoms with Crippen molar-refractivity contribution in [2.24, 2.45) is 0 Å². The van der Waals surface area contributed by atoms with E-state index in [1.165, 1.54) is 57.8 Å². The van der Waals surface area contributed by atoms with E-state index in [1.54, 1.807) is 0 Å².